The average Bonchev–Trinajstić information content (AvgIpc) is 2.60. The number of hydrogen-bond donors (Lipinski definition) is 1. The second-order valence-electron chi connectivity index (χ2n) is 4.54. The molecule has 2 N–H and O–H groups in total. The van der Waals surface area contributed by atoms with Crippen molar-refractivity contribution in [2.24, 2.45) is 5.73 Å². The van der Waals surface area contributed by atoms with Gasteiger partial charge < -0.3 is 5.73 Å². The van der Waals surface area contributed by atoms with E-state index in [0.29, 0.717) is 6.42 Å². The highest BCUT2D eigenvalue weighted by molar-refractivity contribution is 6.31. The molecule has 5 heteroatoms. The summed E-state index contributed by atoms with van der Waals surface area (Å²) in [4.78, 5) is 4.31. The monoisotopic (exact) mass is 264 g/mol. The molecule has 0 saturated carbocycles. The normalized spacial score (nSPS) is 12.7. The molecule has 0 radical (unpaired) electrons. The standard InChI is InChI=1S/C13H17ClN4/c1-8(15)7-11-12(14)5-4-6-13(11)18-10(3)16-9(2)17-18/h4-6,8H,7,15H2,1-3H3. The topological polar surface area (TPSA) is 56.7 Å². The predicted molar refractivity (Wildman–Crippen MR) is 73.2 cm³/mol. The van der Waals surface area contributed by atoms with Crippen LogP contribution in [0.5, 0.6) is 0 Å². The van der Waals surface area contributed by atoms with Crippen molar-refractivity contribution in [2.45, 2.75) is 33.2 Å². The van der Waals surface area contributed by atoms with Crippen molar-refractivity contribution in [3.05, 3.63) is 40.4 Å². The lowest BCUT2D eigenvalue weighted by Gasteiger charge is -2.14. The first-order valence-electron chi connectivity index (χ1n) is 5.92. The Labute approximate surface area is 112 Å². The van der Waals surface area contributed by atoms with Gasteiger partial charge in [-0.2, -0.15) is 5.10 Å². The molecule has 96 valence electrons. The second-order valence-corrected chi connectivity index (χ2v) is 4.94. The van der Waals surface area contributed by atoms with Gasteiger partial charge in [0, 0.05) is 11.1 Å². The zero-order valence-corrected chi connectivity index (χ0v) is 11.6. The Morgan fingerprint density at radius 2 is 2.11 bits per heavy atom. The van der Waals surface area contributed by atoms with Crippen molar-refractivity contribution in [2.75, 3.05) is 0 Å². The van der Waals surface area contributed by atoms with E-state index < -0.39 is 0 Å². The molecule has 0 aliphatic carbocycles. The first-order chi connectivity index (χ1) is 8.49. The summed E-state index contributed by atoms with van der Waals surface area (Å²) in [6.07, 6.45) is 0.716. The lowest BCUT2D eigenvalue weighted by atomic mass is 10.1. The number of aromatic nitrogens is 3. The molecule has 1 atom stereocenters. The van der Waals surface area contributed by atoms with E-state index >= 15 is 0 Å². The Kier molecular flexibility index (Phi) is 3.68. The van der Waals surface area contributed by atoms with E-state index in [1.165, 1.54) is 0 Å². The number of benzene rings is 1. The van der Waals surface area contributed by atoms with Crippen molar-refractivity contribution in [1.82, 2.24) is 14.8 Å². The minimum atomic E-state index is 0.0496. The van der Waals surface area contributed by atoms with Crippen molar-refractivity contribution >= 4 is 11.6 Å². The van der Waals surface area contributed by atoms with E-state index in [1.807, 2.05) is 43.7 Å². The van der Waals surface area contributed by atoms with Crippen LogP contribution in [0, 0.1) is 13.8 Å². The molecule has 0 saturated heterocycles. The van der Waals surface area contributed by atoms with E-state index in [2.05, 4.69) is 10.1 Å². The van der Waals surface area contributed by atoms with Gasteiger partial charge in [-0.05, 0) is 44.9 Å². The number of rotatable bonds is 3. The van der Waals surface area contributed by atoms with Crippen LogP contribution in [0.2, 0.25) is 5.02 Å². The fourth-order valence-electron chi connectivity index (χ4n) is 2.02. The van der Waals surface area contributed by atoms with Crippen LogP contribution in [0.3, 0.4) is 0 Å². The van der Waals surface area contributed by atoms with Gasteiger partial charge in [-0.15, -0.1) is 0 Å². The van der Waals surface area contributed by atoms with Gasteiger partial charge in [0.25, 0.3) is 0 Å². The highest BCUT2D eigenvalue weighted by Crippen LogP contribution is 2.24. The lowest BCUT2D eigenvalue weighted by molar-refractivity contribution is 0.723. The van der Waals surface area contributed by atoms with Crippen LogP contribution in [0.4, 0.5) is 0 Å². The van der Waals surface area contributed by atoms with E-state index in [4.69, 9.17) is 17.3 Å². The van der Waals surface area contributed by atoms with Crippen molar-refractivity contribution in [1.29, 1.82) is 0 Å². The zero-order valence-electron chi connectivity index (χ0n) is 10.8. The van der Waals surface area contributed by atoms with E-state index in [1.54, 1.807) is 0 Å². The molecule has 2 aromatic rings. The van der Waals surface area contributed by atoms with E-state index in [9.17, 15) is 0 Å². The fraction of sp³-hybridized carbons (Fsp3) is 0.385. The van der Waals surface area contributed by atoms with Gasteiger partial charge in [-0.1, -0.05) is 17.7 Å². The Hall–Kier alpha value is -1.39. The number of nitrogens with zero attached hydrogens (tertiary/aromatic N) is 3. The maximum absolute atomic E-state index is 6.27. The van der Waals surface area contributed by atoms with Crippen LogP contribution in [0.25, 0.3) is 5.69 Å². The number of hydrogen-bond acceptors (Lipinski definition) is 3. The molecule has 0 aliphatic rings. The van der Waals surface area contributed by atoms with Crippen molar-refractivity contribution in [3.63, 3.8) is 0 Å². The molecular weight excluding hydrogens is 248 g/mol. The Morgan fingerprint density at radius 3 is 2.67 bits per heavy atom. The second kappa shape index (κ2) is 5.08. The SMILES string of the molecule is Cc1nc(C)n(-c2cccc(Cl)c2CC(C)N)n1. The quantitative estimate of drug-likeness (QED) is 0.926. The molecular formula is C13H17ClN4. The molecule has 4 nitrogen and oxygen atoms in total. The van der Waals surface area contributed by atoms with Crippen LogP contribution in [0.1, 0.15) is 24.1 Å². The summed E-state index contributed by atoms with van der Waals surface area (Å²) in [7, 11) is 0. The molecule has 18 heavy (non-hydrogen) atoms. The molecule has 0 bridgehead atoms. The molecule has 2 rings (SSSR count). The molecule has 0 fully saturated rings. The molecule has 1 heterocycles. The summed E-state index contributed by atoms with van der Waals surface area (Å²) in [6.45, 7) is 5.77. The summed E-state index contributed by atoms with van der Waals surface area (Å²) >= 11 is 6.27. The molecule has 1 aromatic heterocycles. The van der Waals surface area contributed by atoms with Gasteiger partial charge in [0.2, 0.25) is 0 Å². The minimum Gasteiger partial charge on any atom is -0.328 e. The average molecular weight is 265 g/mol. The van der Waals surface area contributed by atoms with Crippen molar-refractivity contribution in [3.8, 4) is 5.69 Å². The Balaban J connectivity index is 2.56. The largest absolute Gasteiger partial charge is 0.328 e. The van der Waals surface area contributed by atoms with Gasteiger partial charge in [0.15, 0.2) is 0 Å². The van der Waals surface area contributed by atoms with Gasteiger partial charge in [-0.25, -0.2) is 9.67 Å². The third kappa shape index (κ3) is 2.54. The molecule has 0 aliphatic heterocycles. The fourth-order valence-corrected chi connectivity index (χ4v) is 2.27. The lowest BCUT2D eigenvalue weighted by Crippen LogP contribution is -2.19. The van der Waals surface area contributed by atoms with E-state index in [-0.39, 0.29) is 6.04 Å². The molecule has 0 amide bonds. The summed E-state index contributed by atoms with van der Waals surface area (Å²) in [5.74, 6) is 1.60. The third-order valence-electron chi connectivity index (χ3n) is 2.72. The molecule has 1 aromatic carbocycles. The Morgan fingerprint density at radius 1 is 1.39 bits per heavy atom. The van der Waals surface area contributed by atoms with E-state index in [0.717, 1.165) is 27.9 Å². The minimum absolute atomic E-state index is 0.0496. The number of nitrogens with two attached hydrogens (primary N) is 1. The third-order valence-corrected chi connectivity index (χ3v) is 3.08. The van der Waals surface area contributed by atoms with Crippen LogP contribution < -0.4 is 5.73 Å². The Bertz CT molecular complexity index is 560. The maximum atomic E-state index is 6.27. The number of aryl methyl sites for hydroxylation is 2. The first-order valence-corrected chi connectivity index (χ1v) is 6.30. The van der Waals surface area contributed by atoms with Crippen LogP contribution in [-0.4, -0.2) is 20.8 Å². The van der Waals surface area contributed by atoms with Crippen LogP contribution in [-0.2, 0) is 6.42 Å². The zero-order chi connectivity index (χ0) is 13.3. The smallest absolute Gasteiger partial charge is 0.148 e. The summed E-state index contributed by atoms with van der Waals surface area (Å²) in [5, 5.41) is 5.12. The highest BCUT2D eigenvalue weighted by Gasteiger charge is 2.13. The maximum Gasteiger partial charge on any atom is 0.148 e. The van der Waals surface area contributed by atoms with Gasteiger partial charge in [0.05, 0.1) is 5.69 Å². The van der Waals surface area contributed by atoms with Gasteiger partial charge in [-0.3, -0.25) is 0 Å². The molecule has 0 spiro atoms. The first kappa shape index (κ1) is 13.1. The highest BCUT2D eigenvalue weighted by atomic mass is 35.5. The van der Waals surface area contributed by atoms with Crippen LogP contribution in [0.15, 0.2) is 18.2 Å². The number of halogens is 1. The van der Waals surface area contributed by atoms with Crippen LogP contribution >= 0.6 is 11.6 Å². The predicted octanol–water partition coefficient (Wildman–Crippen LogP) is 2.43. The van der Waals surface area contributed by atoms with Crippen molar-refractivity contribution < 1.29 is 0 Å². The van der Waals surface area contributed by atoms with Gasteiger partial charge in [0.1, 0.15) is 11.6 Å². The summed E-state index contributed by atoms with van der Waals surface area (Å²) in [6, 6.07) is 5.83. The van der Waals surface area contributed by atoms with Gasteiger partial charge >= 0.3 is 0 Å². The molecule has 1 unspecified atom stereocenters. The summed E-state index contributed by atoms with van der Waals surface area (Å²) in [5.41, 5.74) is 7.85. The summed E-state index contributed by atoms with van der Waals surface area (Å²) < 4.78 is 1.82.